The van der Waals surface area contributed by atoms with E-state index in [1.54, 1.807) is 7.69 Å². The Morgan fingerprint density at radius 3 is 2.58 bits per heavy atom. The third kappa shape index (κ3) is 4.11. The van der Waals surface area contributed by atoms with Gasteiger partial charge in [-0.15, -0.1) is 0 Å². The van der Waals surface area contributed by atoms with E-state index in [-0.39, 0.29) is 17.4 Å². The van der Waals surface area contributed by atoms with Crippen molar-refractivity contribution in [1.82, 2.24) is 0 Å². The van der Waals surface area contributed by atoms with Crippen LogP contribution in [0.5, 0.6) is 0 Å². The van der Waals surface area contributed by atoms with Crippen molar-refractivity contribution in [3.63, 3.8) is 0 Å². The van der Waals surface area contributed by atoms with Crippen LogP contribution in [0.3, 0.4) is 0 Å². The summed E-state index contributed by atoms with van der Waals surface area (Å²) >= 11 is 0. The summed E-state index contributed by atoms with van der Waals surface area (Å²) in [5, 5.41) is 0. The standard InChI is InChI=1S/C15H24BO2.Al.2H/c1-3-7-12(8-4-1)11-14-15(18-16-17-14)13-9-5-2-6-10-13;;;/h3,7,12-15H,1-2,4-6,8-11H2;;;. The largest absolute Gasteiger partial charge is 0.488 e. The Bertz CT molecular complexity index is 292. The smallest absolute Gasteiger partial charge is 0.408 e. The highest BCUT2D eigenvalue weighted by molar-refractivity contribution is 6.19. The fraction of sp³-hybridized carbons (Fsp3) is 0.867. The second-order valence-corrected chi connectivity index (χ2v) is 6.12. The van der Waals surface area contributed by atoms with Crippen LogP contribution in [0.1, 0.15) is 57.8 Å². The molecule has 1 saturated carbocycles. The van der Waals surface area contributed by atoms with E-state index < -0.39 is 0 Å². The third-order valence-electron chi connectivity index (χ3n) is 4.81. The Balaban J connectivity index is 0.00000133. The van der Waals surface area contributed by atoms with Gasteiger partial charge >= 0.3 is 7.69 Å². The van der Waals surface area contributed by atoms with E-state index in [4.69, 9.17) is 9.31 Å². The molecule has 0 N–H and O–H groups in total. The molecule has 104 valence electrons. The zero-order chi connectivity index (χ0) is 12.2. The molecule has 19 heavy (non-hydrogen) atoms. The zero-order valence-electron chi connectivity index (χ0n) is 12.2. The minimum Gasteiger partial charge on any atom is -0.408 e. The molecule has 2 nitrogen and oxygen atoms in total. The van der Waals surface area contributed by atoms with E-state index in [0.717, 1.165) is 12.3 Å². The Labute approximate surface area is 128 Å². The predicted molar refractivity (Wildman–Crippen MR) is 81.7 cm³/mol. The lowest BCUT2D eigenvalue weighted by Crippen LogP contribution is -2.33. The van der Waals surface area contributed by atoms with Gasteiger partial charge in [0.05, 0.1) is 12.2 Å². The van der Waals surface area contributed by atoms with Crippen LogP contribution in [0.4, 0.5) is 0 Å². The average Bonchev–Trinajstić information content (AvgIpc) is 2.89. The molecule has 4 heteroatoms. The maximum atomic E-state index is 5.78. The molecule has 0 spiro atoms. The summed E-state index contributed by atoms with van der Waals surface area (Å²) in [7, 11) is 1.61. The fourth-order valence-corrected chi connectivity index (χ4v) is 3.78. The molecule has 2 fully saturated rings. The molecule has 0 aromatic heterocycles. The van der Waals surface area contributed by atoms with Crippen molar-refractivity contribution in [3.05, 3.63) is 12.2 Å². The first-order valence-corrected chi connectivity index (χ1v) is 7.73. The minimum absolute atomic E-state index is 0. The van der Waals surface area contributed by atoms with Crippen molar-refractivity contribution in [2.75, 3.05) is 0 Å². The van der Waals surface area contributed by atoms with Crippen LogP contribution in [0.15, 0.2) is 12.2 Å². The molecule has 1 heterocycles. The molecule has 3 atom stereocenters. The van der Waals surface area contributed by atoms with Crippen molar-refractivity contribution in [1.29, 1.82) is 0 Å². The van der Waals surface area contributed by atoms with Gasteiger partial charge < -0.3 is 9.31 Å². The number of allylic oxidation sites excluding steroid dienone is 2. The third-order valence-corrected chi connectivity index (χ3v) is 4.81. The molecular formula is C15H26AlBO2. The lowest BCUT2D eigenvalue weighted by molar-refractivity contribution is 0.0670. The summed E-state index contributed by atoms with van der Waals surface area (Å²) < 4.78 is 11.5. The summed E-state index contributed by atoms with van der Waals surface area (Å²) in [5.41, 5.74) is 0. The molecule has 0 amide bonds. The van der Waals surface area contributed by atoms with E-state index >= 15 is 0 Å². The van der Waals surface area contributed by atoms with Crippen LogP contribution in [0, 0.1) is 11.8 Å². The number of rotatable bonds is 3. The van der Waals surface area contributed by atoms with Crippen LogP contribution in [-0.4, -0.2) is 37.3 Å². The highest BCUT2D eigenvalue weighted by atomic mass is 27.0. The predicted octanol–water partition coefficient (Wildman–Crippen LogP) is 2.72. The van der Waals surface area contributed by atoms with E-state index in [1.807, 2.05) is 0 Å². The first-order valence-electron chi connectivity index (χ1n) is 7.73. The normalized spacial score (nSPS) is 35.7. The molecule has 2 radical (unpaired) electrons. The molecular weight excluding hydrogens is 250 g/mol. The van der Waals surface area contributed by atoms with Crippen molar-refractivity contribution >= 4 is 25.0 Å². The number of hydrogen-bond acceptors (Lipinski definition) is 2. The monoisotopic (exact) mass is 276 g/mol. The van der Waals surface area contributed by atoms with Crippen LogP contribution in [-0.2, 0) is 9.31 Å². The second kappa shape index (κ2) is 7.89. The van der Waals surface area contributed by atoms with Crippen LogP contribution >= 0.6 is 0 Å². The van der Waals surface area contributed by atoms with Gasteiger partial charge in [0, 0.05) is 0 Å². The molecule has 0 aromatic carbocycles. The Hall–Kier alpha value is 0.257. The van der Waals surface area contributed by atoms with Gasteiger partial charge in [-0.3, -0.25) is 0 Å². The maximum Gasteiger partial charge on any atom is 0.488 e. The molecule has 0 aromatic rings. The van der Waals surface area contributed by atoms with E-state index in [9.17, 15) is 0 Å². The Morgan fingerprint density at radius 1 is 1.00 bits per heavy atom. The van der Waals surface area contributed by atoms with Gasteiger partial charge in [-0.1, -0.05) is 31.4 Å². The Morgan fingerprint density at radius 2 is 1.84 bits per heavy atom. The van der Waals surface area contributed by atoms with Gasteiger partial charge in [-0.25, -0.2) is 0 Å². The van der Waals surface area contributed by atoms with Crippen molar-refractivity contribution in [2.24, 2.45) is 11.8 Å². The fourth-order valence-electron chi connectivity index (χ4n) is 3.78. The number of hydrogen-bond donors (Lipinski definition) is 0. The van der Waals surface area contributed by atoms with Crippen molar-refractivity contribution in [3.8, 4) is 0 Å². The van der Waals surface area contributed by atoms with Gasteiger partial charge in [-0.05, 0) is 50.4 Å². The lowest BCUT2D eigenvalue weighted by Gasteiger charge is -2.32. The first-order chi connectivity index (χ1) is 8.93. The van der Waals surface area contributed by atoms with Gasteiger partial charge in [0.15, 0.2) is 0 Å². The van der Waals surface area contributed by atoms with Crippen LogP contribution in [0.25, 0.3) is 0 Å². The Kier molecular flexibility index (Phi) is 6.49. The summed E-state index contributed by atoms with van der Waals surface area (Å²) in [4.78, 5) is 0. The van der Waals surface area contributed by atoms with Crippen LogP contribution < -0.4 is 0 Å². The van der Waals surface area contributed by atoms with Crippen molar-refractivity contribution < 1.29 is 9.31 Å². The van der Waals surface area contributed by atoms with Crippen molar-refractivity contribution in [2.45, 2.75) is 70.0 Å². The molecule has 3 rings (SSSR count). The second-order valence-electron chi connectivity index (χ2n) is 6.12. The summed E-state index contributed by atoms with van der Waals surface area (Å²) in [5.74, 6) is 1.44. The molecule has 1 aliphatic heterocycles. The highest BCUT2D eigenvalue weighted by Crippen LogP contribution is 2.35. The van der Waals surface area contributed by atoms with Gasteiger partial charge in [-0.2, -0.15) is 0 Å². The molecule has 0 bridgehead atoms. The van der Waals surface area contributed by atoms with E-state index in [1.165, 1.54) is 51.4 Å². The average molecular weight is 276 g/mol. The molecule has 2 aliphatic carbocycles. The molecule has 3 aliphatic rings. The van der Waals surface area contributed by atoms with Gasteiger partial charge in [0.2, 0.25) is 0 Å². The van der Waals surface area contributed by atoms with Crippen LogP contribution in [0.2, 0.25) is 0 Å². The van der Waals surface area contributed by atoms with Gasteiger partial charge in [0.1, 0.15) is 17.4 Å². The lowest BCUT2D eigenvalue weighted by atomic mass is 9.80. The van der Waals surface area contributed by atoms with Gasteiger partial charge in [0.25, 0.3) is 0 Å². The summed E-state index contributed by atoms with van der Waals surface area (Å²) in [6.07, 6.45) is 17.3. The SMILES string of the molecule is [AlH2].[B]1OC(CC2C=CCCC2)C(C2CCCCC2)O1. The summed E-state index contributed by atoms with van der Waals surface area (Å²) in [6, 6.07) is 0. The first kappa shape index (κ1) is 15.6. The minimum atomic E-state index is 0. The summed E-state index contributed by atoms with van der Waals surface area (Å²) in [6.45, 7) is 0. The maximum absolute atomic E-state index is 5.78. The van der Waals surface area contributed by atoms with E-state index in [0.29, 0.717) is 18.1 Å². The highest BCUT2D eigenvalue weighted by Gasteiger charge is 2.37. The van der Waals surface area contributed by atoms with E-state index in [2.05, 4.69) is 12.2 Å². The molecule has 1 saturated heterocycles. The molecule has 3 unspecified atom stereocenters. The quantitative estimate of drug-likeness (QED) is 0.583. The topological polar surface area (TPSA) is 18.5 Å². The zero-order valence-corrected chi connectivity index (χ0v) is 14.2.